The summed E-state index contributed by atoms with van der Waals surface area (Å²) in [5.41, 5.74) is 2.55. The van der Waals surface area contributed by atoms with Gasteiger partial charge >= 0.3 is 0 Å². The van der Waals surface area contributed by atoms with Gasteiger partial charge in [0.1, 0.15) is 0 Å². The zero-order valence-electron chi connectivity index (χ0n) is 14.7. The summed E-state index contributed by atoms with van der Waals surface area (Å²) in [7, 11) is 0. The van der Waals surface area contributed by atoms with Gasteiger partial charge in [0, 0.05) is 29.2 Å². The van der Waals surface area contributed by atoms with Crippen LogP contribution < -0.4 is 11.1 Å². The molecule has 0 aliphatic heterocycles. The lowest BCUT2D eigenvalue weighted by atomic mass is 10.2. The molecule has 130 valence electrons. The second-order valence-corrected chi connectivity index (χ2v) is 6.87. The summed E-state index contributed by atoms with van der Waals surface area (Å²) < 4.78 is 3.12. The summed E-state index contributed by atoms with van der Waals surface area (Å²) in [4.78, 5) is 34.3. The van der Waals surface area contributed by atoms with Crippen LogP contribution >= 0.6 is 0 Å². The first-order valence-corrected chi connectivity index (χ1v) is 8.65. The second kappa shape index (κ2) is 5.68. The van der Waals surface area contributed by atoms with E-state index >= 15 is 0 Å². The summed E-state index contributed by atoms with van der Waals surface area (Å²) in [6, 6.07) is 3.56. The molecule has 0 aromatic carbocycles. The van der Waals surface area contributed by atoms with Crippen molar-refractivity contribution in [2.75, 3.05) is 0 Å². The Hall–Kier alpha value is -2.70. The number of H-pyrrole nitrogens is 1. The molecule has 7 nitrogen and oxygen atoms in total. The van der Waals surface area contributed by atoms with E-state index in [1.807, 2.05) is 26.8 Å². The van der Waals surface area contributed by atoms with Gasteiger partial charge in [0.2, 0.25) is 0 Å². The van der Waals surface area contributed by atoms with Crippen LogP contribution in [0.25, 0.3) is 16.9 Å². The molecular formula is C18H21N5O2. The Morgan fingerprint density at radius 1 is 1.04 bits per heavy atom. The van der Waals surface area contributed by atoms with Gasteiger partial charge in [0.05, 0.1) is 10.9 Å². The minimum absolute atomic E-state index is 0.0633. The first kappa shape index (κ1) is 15.8. The lowest BCUT2D eigenvalue weighted by Crippen LogP contribution is -2.26. The smallest absolute Gasteiger partial charge is 0.283 e. The van der Waals surface area contributed by atoms with E-state index in [1.54, 1.807) is 4.57 Å². The van der Waals surface area contributed by atoms with Gasteiger partial charge in [-0.1, -0.05) is 12.8 Å². The molecule has 3 aromatic rings. The molecule has 0 spiro atoms. The van der Waals surface area contributed by atoms with Gasteiger partial charge in [0.25, 0.3) is 17.1 Å². The molecule has 0 bridgehead atoms. The number of nitrogens with one attached hydrogen (secondary N) is 1. The molecule has 1 fully saturated rings. The van der Waals surface area contributed by atoms with Crippen LogP contribution in [0, 0.1) is 20.8 Å². The maximum atomic E-state index is 13.0. The molecule has 25 heavy (non-hydrogen) atoms. The Morgan fingerprint density at radius 3 is 2.32 bits per heavy atom. The second-order valence-electron chi connectivity index (χ2n) is 6.87. The van der Waals surface area contributed by atoms with Crippen molar-refractivity contribution in [1.29, 1.82) is 0 Å². The Labute approximate surface area is 144 Å². The maximum absolute atomic E-state index is 13.0. The highest BCUT2D eigenvalue weighted by Gasteiger charge is 2.23. The zero-order chi connectivity index (χ0) is 17.7. The maximum Gasteiger partial charge on any atom is 0.283 e. The Kier molecular flexibility index (Phi) is 3.59. The van der Waals surface area contributed by atoms with Crippen molar-refractivity contribution in [2.45, 2.75) is 52.5 Å². The number of hydrogen-bond donors (Lipinski definition) is 1. The molecule has 4 rings (SSSR count). The molecule has 7 heteroatoms. The Balaban J connectivity index is 1.98. The predicted octanol–water partition coefficient (Wildman–Crippen LogP) is 2.31. The number of aryl methyl sites for hydroxylation is 3. The molecule has 0 radical (unpaired) electrons. The lowest BCUT2D eigenvalue weighted by molar-refractivity contribution is 0.494. The SMILES string of the molecule is Cc1cc(C)nc(-n2[nH]c3cc(=O)n(C4CCCC4)c(C)c3c2=O)n1. The normalized spacial score (nSPS) is 15.3. The number of nitrogens with zero attached hydrogens (tertiary/aromatic N) is 4. The van der Waals surface area contributed by atoms with Crippen molar-refractivity contribution >= 4 is 10.9 Å². The molecule has 1 N–H and O–H groups in total. The van der Waals surface area contributed by atoms with Gasteiger partial charge in [-0.25, -0.2) is 9.97 Å². The van der Waals surface area contributed by atoms with Crippen molar-refractivity contribution in [3.05, 3.63) is 49.9 Å². The Morgan fingerprint density at radius 2 is 1.68 bits per heavy atom. The average molecular weight is 339 g/mol. The molecule has 1 aliphatic rings. The first-order valence-electron chi connectivity index (χ1n) is 8.65. The highest BCUT2D eigenvalue weighted by Crippen LogP contribution is 2.30. The van der Waals surface area contributed by atoms with E-state index in [-0.39, 0.29) is 17.2 Å². The largest absolute Gasteiger partial charge is 0.309 e. The minimum atomic E-state index is -0.218. The van der Waals surface area contributed by atoms with E-state index in [0.717, 1.165) is 42.8 Å². The molecule has 1 aliphatic carbocycles. The fourth-order valence-electron chi connectivity index (χ4n) is 3.95. The summed E-state index contributed by atoms with van der Waals surface area (Å²) in [5, 5.41) is 3.54. The van der Waals surface area contributed by atoms with Gasteiger partial charge in [0.15, 0.2) is 0 Å². The summed E-state index contributed by atoms with van der Waals surface area (Å²) >= 11 is 0. The molecule has 3 aromatic heterocycles. The highest BCUT2D eigenvalue weighted by molar-refractivity contribution is 5.80. The summed E-state index contributed by atoms with van der Waals surface area (Å²) in [6.45, 7) is 5.58. The highest BCUT2D eigenvalue weighted by atomic mass is 16.1. The van der Waals surface area contributed by atoms with Gasteiger partial charge in [-0.05, 0) is 39.7 Å². The van der Waals surface area contributed by atoms with Crippen LogP contribution in [-0.4, -0.2) is 24.3 Å². The predicted molar refractivity (Wildman–Crippen MR) is 95.5 cm³/mol. The fourth-order valence-corrected chi connectivity index (χ4v) is 3.95. The zero-order valence-corrected chi connectivity index (χ0v) is 14.7. The third-order valence-corrected chi connectivity index (χ3v) is 5.01. The van der Waals surface area contributed by atoms with Gasteiger partial charge < -0.3 is 4.57 Å². The van der Waals surface area contributed by atoms with Crippen LogP contribution in [0.1, 0.15) is 48.8 Å². The van der Waals surface area contributed by atoms with E-state index in [4.69, 9.17) is 0 Å². The molecular weight excluding hydrogens is 318 g/mol. The number of fused-ring (bicyclic) bond motifs is 1. The van der Waals surface area contributed by atoms with Crippen molar-refractivity contribution in [2.24, 2.45) is 0 Å². The molecule has 1 saturated carbocycles. The van der Waals surface area contributed by atoms with Crippen LogP contribution in [-0.2, 0) is 0 Å². The third kappa shape index (κ3) is 2.50. The van der Waals surface area contributed by atoms with Crippen molar-refractivity contribution < 1.29 is 0 Å². The van der Waals surface area contributed by atoms with Crippen molar-refractivity contribution in [3.8, 4) is 5.95 Å². The third-order valence-electron chi connectivity index (χ3n) is 5.01. The van der Waals surface area contributed by atoms with E-state index in [1.165, 1.54) is 10.7 Å². The summed E-state index contributed by atoms with van der Waals surface area (Å²) in [6.07, 6.45) is 4.24. The van der Waals surface area contributed by atoms with E-state index in [2.05, 4.69) is 15.1 Å². The standard InChI is InChI=1S/C18H21N5O2/c1-10-8-11(2)20-18(19-10)23-17(25)16-12(3)22(13-6-4-5-7-13)15(24)9-14(16)21-23/h8-9,13,21H,4-7H2,1-3H3. The Bertz CT molecular complexity index is 1060. The molecule has 3 heterocycles. The van der Waals surface area contributed by atoms with Crippen molar-refractivity contribution in [1.82, 2.24) is 24.3 Å². The van der Waals surface area contributed by atoms with E-state index in [0.29, 0.717) is 16.9 Å². The molecule has 0 unspecified atom stereocenters. The number of hydrogen-bond acceptors (Lipinski definition) is 4. The topological polar surface area (TPSA) is 85.6 Å². The average Bonchev–Trinajstić information content (AvgIpc) is 3.15. The van der Waals surface area contributed by atoms with E-state index < -0.39 is 0 Å². The first-order chi connectivity index (χ1) is 12.0. The fraction of sp³-hybridized carbons (Fsp3) is 0.444. The van der Waals surface area contributed by atoms with E-state index in [9.17, 15) is 9.59 Å². The number of aromatic nitrogens is 5. The van der Waals surface area contributed by atoms with Gasteiger partial charge in [-0.3, -0.25) is 14.7 Å². The molecule has 0 saturated heterocycles. The van der Waals surface area contributed by atoms with Gasteiger partial charge in [-0.2, -0.15) is 4.68 Å². The van der Waals surface area contributed by atoms with Crippen LogP contribution in [0.4, 0.5) is 0 Å². The van der Waals surface area contributed by atoms with Gasteiger partial charge in [-0.15, -0.1) is 0 Å². The summed E-state index contributed by atoms with van der Waals surface area (Å²) in [5.74, 6) is 0.304. The quantitative estimate of drug-likeness (QED) is 0.776. The molecule has 0 atom stereocenters. The number of aromatic amines is 1. The van der Waals surface area contributed by atoms with Crippen molar-refractivity contribution in [3.63, 3.8) is 0 Å². The minimum Gasteiger partial charge on any atom is -0.309 e. The van der Waals surface area contributed by atoms with Crippen LogP contribution in [0.2, 0.25) is 0 Å². The number of pyridine rings is 1. The van der Waals surface area contributed by atoms with Crippen LogP contribution in [0.15, 0.2) is 21.7 Å². The lowest BCUT2D eigenvalue weighted by Gasteiger charge is -2.16. The van der Waals surface area contributed by atoms with Crippen LogP contribution in [0.5, 0.6) is 0 Å². The van der Waals surface area contributed by atoms with Crippen LogP contribution in [0.3, 0.4) is 0 Å². The molecule has 0 amide bonds. The monoisotopic (exact) mass is 339 g/mol. The number of rotatable bonds is 2.